The van der Waals surface area contributed by atoms with Gasteiger partial charge >= 0.3 is 0 Å². The second-order valence-corrected chi connectivity index (χ2v) is 5.48. The van der Waals surface area contributed by atoms with Gasteiger partial charge < -0.3 is 4.74 Å². The van der Waals surface area contributed by atoms with Gasteiger partial charge in [0.25, 0.3) is 0 Å². The fourth-order valence-corrected chi connectivity index (χ4v) is 3.48. The lowest BCUT2D eigenvalue weighted by Gasteiger charge is -2.33. The molecule has 1 aliphatic heterocycles. The van der Waals surface area contributed by atoms with E-state index in [0.29, 0.717) is 11.4 Å². The Morgan fingerprint density at radius 2 is 2.33 bits per heavy atom. The Balaban J connectivity index is 1.97. The molecule has 15 heavy (non-hydrogen) atoms. The first-order valence-corrected chi connectivity index (χ1v) is 6.31. The van der Waals surface area contributed by atoms with Gasteiger partial charge in [-0.15, -0.1) is 11.8 Å². The largest absolute Gasteiger partial charge is 0.484 e. The number of allylic oxidation sites excluding steroid dienone is 1. The van der Waals surface area contributed by atoms with Crippen molar-refractivity contribution in [1.29, 1.82) is 0 Å². The van der Waals surface area contributed by atoms with Crippen LogP contribution < -0.4 is 4.74 Å². The first-order valence-electron chi connectivity index (χ1n) is 5.43. The van der Waals surface area contributed by atoms with Crippen LogP contribution in [0.3, 0.4) is 0 Å². The van der Waals surface area contributed by atoms with Gasteiger partial charge in [-0.05, 0) is 43.5 Å². The third-order valence-corrected chi connectivity index (χ3v) is 4.33. The fraction of sp³-hybridized carbons (Fsp3) is 0.385. The van der Waals surface area contributed by atoms with Crippen molar-refractivity contribution in [3.8, 4) is 5.75 Å². The second-order valence-electron chi connectivity index (χ2n) is 4.19. The third kappa shape index (κ3) is 1.67. The van der Waals surface area contributed by atoms with Gasteiger partial charge in [-0.25, -0.2) is 0 Å². The van der Waals surface area contributed by atoms with E-state index in [0.717, 1.165) is 5.75 Å². The molecule has 1 nitrogen and oxygen atoms in total. The first kappa shape index (κ1) is 9.34. The molecule has 1 aromatic rings. The summed E-state index contributed by atoms with van der Waals surface area (Å²) in [6, 6.07) is 6.44. The number of hydrogen-bond acceptors (Lipinski definition) is 2. The van der Waals surface area contributed by atoms with E-state index in [1.807, 2.05) is 11.8 Å². The van der Waals surface area contributed by atoms with E-state index in [-0.39, 0.29) is 0 Å². The van der Waals surface area contributed by atoms with Gasteiger partial charge in [-0.2, -0.15) is 0 Å². The second kappa shape index (κ2) is 3.60. The van der Waals surface area contributed by atoms with Crippen molar-refractivity contribution in [2.75, 3.05) is 0 Å². The van der Waals surface area contributed by atoms with Crippen LogP contribution in [0.15, 0.2) is 35.2 Å². The molecule has 0 fully saturated rings. The van der Waals surface area contributed by atoms with Gasteiger partial charge in [0.05, 0.1) is 10.1 Å². The summed E-state index contributed by atoms with van der Waals surface area (Å²) >= 11 is 1.98. The molecule has 1 aromatic carbocycles. The molecule has 2 heteroatoms. The van der Waals surface area contributed by atoms with Gasteiger partial charge in [-0.3, -0.25) is 0 Å². The zero-order valence-corrected chi connectivity index (χ0v) is 9.59. The average molecular weight is 218 g/mol. The molecule has 0 radical (unpaired) electrons. The Bertz CT molecular complexity index is 411. The zero-order chi connectivity index (χ0) is 10.3. The van der Waals surface area contributed by atoms with Crippen molar-refractivity contribution < 1.29 is 4.74 Å². The van der Waals surface area contributed by atoms with E-state index in [2.05, 4.69) is 37.3 Å². The molecule has 0 saturated carbocycles. The summed E-state index contributed by atoms with van der Waals surface area (Å²) in [5, 5.41) is 0.615. The summed E-state index contributed by atoms with van der Waals surface area (Å²) in [6.45, 7) is 2.13. The first-order chi connectivity index (χ1) is 7.33. The predicted octanol–water partition coefficient (Wildman–Crippen LogP) is 3.57. The van der Waals surface area contributed by atoms with E-state index < -0.39 is 0 Å². The van der Waals surface area contributed by atoms with Crippen molar-refractivity contribution in [3.63, 3.8) is 0 Å². The molecule has 2 atom stereocenters. The summed E-state index contributed by atoms with van der Waals surface area (Å²) in [7, 11) is 0. The normalized spacial score (nSPS) is 27.8. The molecular formula is C13H14OS. The molecule has 2 unspecified atom stereocenters. The van der Waals surface area contributed by atoms with Crippen LogP contribution in [0, 0.1) is 6.92 Å². The van der Waals surface area contributed by atoms with Crippen LogP contribution in [-0.4, -0.2) is 11.4 Å². The Morgan fingerprint density at radius 3 is 3.27 bits per heavy atom. The average Bonchev–Trinajstić information content (AvgIpc) is 2.26. The van der Waals surface area contributed by atoms with Gasteiger partial charge in [0.15, 0.2) is 0 Å². The molecule has 0 amide bonds. The smallest absolute Gasteiger partial charge is 0.133 e. The summed E-state index contributed by atoms with van der Waals surface area (Å²) in [5.74, 6) is 1.05. The summed E-state index contributed by atoms with van der Waals surface area (Å²) in [6.07, 6.45) is 7.17. The lowest BCUT2D eigenvalue weighted by Crippen LogP contribution is -2.32. The molecule has 0 aromatic heterocycles. The molecule has 0 spiro atoms. The summed E-state index contributed by atoms with van der Waals surface area (Å²) in [4.78, 5) is 1.31. The molecule has 1 heterocycles. The fourth-order valence-electron chi connectivity index (χ4n) is 2.13. The minimum atomic E-state index is 0.291. The van der Waals surface area contributed by atoms with Crippen molar-refractivity contribution in [2.24, 2.45) is 0 Å². The molecule has 0 N–H and O–H groups in total. The van der Waals surface area contributed by atoms with Crippen LogP contribution in [0.2, 0.25) is 0 Å². The summed E-state index contributed by atoms with van der Waals surface area (Å²) in [5.41, 5.74) is 1.31. The zero-order valence-electron chi connectivity index (χ0n) is 8.77. The Kier molecular flexibility index (Phi) is 2.24. The van der Waals surface area contributed by atoms with Gasteiger partial charge in [0, 0.05) is 0 Å². The van der Waals surface area contributed by atoms with Crippen molar-refractivity contribution in [1.82, 2.24) is 0 Å². The highest BCUT2D eigenvalue weighted by Crippen LogP contribution is 2.43. The maximum absolute atomic E-state index is 5.98. The van der Waals surface area contributed by atoms with Crippen LogP contribution in [0.4, 0.5) is 0 Å². The number of thioether (sulfide) groups is 1. The third-order valence-electron chi connectivity index (χ3n) is 2.95. The van der Waals surface area contributed by atoms with Crippen molar-refractivity contribution >= 4 is 11.8 Å². The number of benzene rings is 1. The van der Waals surface area contributed by atoms with Crippen LogP contribution in [0.1, 0.15) is 18.4 Å². The molecule has 2 aliphatic rings. The minimum Gasteiger partial charge on any atom is -0.484 e. The Morgan fingerprint density at radius 1 is 1.40 bits per heavy atom. The SMILES string of the molecule is Cc1ccc2c(c1)SC1CCC=CC1O2. The monoisotopic (exact) mass is 218 g/mol. The van der Waals surface area contributed by atoms with Gasteiger partial charge in [0.2, 0.25) is 0 Å². The maximum atomic E-state index is 5.98. The Labute approximate surface area is 94.5 Å². The molecular weight excluding hydrogens is 204 g/mol. The number of ether oxygens (including phenoxy) is 1. The Hall–Kier alpha value is -0.890. The van der Waals surface area contributed by atoms with Gasteiger partial charge in [0.1, 0.15) is 11.9 Å². The van der Waals surface area contributed by atoms with E-state index >= 15 is 0 Å². The standard InChI is InChI=1S/C13H14OS/c1-9-6-7-11-13(8-9)15-12-5-3-2-4-10(12)14-11/h2,4,6-8,10,12H,3,5H2,1H3. The van der Waals surface area contributed by atoms with Crippen LogP contribution in [0.5, 0.6) is 5.75 Å². The quantitative estimate of drug-likeness (QED) is 0.616. The lowest BCUT2D eigenvalue weighted by molar-refractivity contribution is 0.224. The van der Waals surface area contributed by atoms with E-state index in [4.69, 9.17) is 4.74 Å². The van der Waals surface area contributed by atoms with Crippen LogP contribution >= 0.6 is 11.8 Å². The van der Waals surface area contributed by atoms with Crippen molar-refractivity contribution in [2.45, 2.75) is 36.0 Å². The highest BCUT2D eigenvalue weighted by Gasteiger charge is 2.30. The van der Waals surface area contributed by atoms with Crippen molar-refractivity contribution in [3.05, 3.63) is 35.9 Å². The van der Waals surface area contributed by atoms with Gasteiger partial charge in [-0.1, -0.05) is 12.1 Å². The van der Waals surface area contributed by atoms with E-state index in [1.54, 1.807) is 0 Å². The minimum absolute atomic E-state index is 0.291. The number of rotatable bonds is 0. The topological polar surface area (TPSA) is 9.23 Å². The molecule has 78 valence electrons. The lowest BCUT2D eigenvalue weighted by atomic mass is 10.0. The predicted molar refractivity (Wildman–Crippen MR) is 63.6 cm³/mol. The molecule has 0 bridgehead atoms. The van der Waals surface area contributed by atoms with Crippen LogP contribution in [0.25, 0.3) is 0 Å². The maximum Gasteiger partial charge on any atom is 0.133 e. The van der Waals surface area contributed by atoms with Crippen LogP contribution in [-0.2, 0) is 0 Å². The molecule has 0 saturated heterocycles. The number of fused-ring (bicyclic) bond motifs is 2. The number of hydrogen-bond donors (Lipinski definition) is 0. The highest BCUT2D eigenvalue weighted by molar-refractivity contribution is 8.00. The molecule has 1 aliphatic carbocycles. The molecule has 3 rings (SSSR count). The number of aryl methyl sites for hydroxylation is 1. The van der Waals surface area contributed by atoms with E-state index in [9.17, 15) is 0 Å². The highest BCUT2D eigenvalue weighted by atomic mass is 32.2. The summed E-state index contributed by atoms with van der Waals surface area (Å²) < 4.78 is 5.98. The van der Waals surface area contributed by atoms with E-state index in [1.165, 1.54) is 23.3 Å².